The van der Waals surface area contributed by atoms with Crippen molar-refractivity contribution in [3.05, 3.63) is 46.5 Å². The second-order valence-electron chi connectivity index (χ2n) is 12.4. The van der Waals surface area contributed by atoms with Gasteiger partial charge in [0.05, 0.1) is 18.8 Å². The molecule has 0 unspecified atom stereocenters. The molecule has 214 valence electrons. The summed E-state index contributed by atoms with van der Waals surface area (Å²) in [6.07, 6.45) is -4.08. The van der Waals surface area contributed by atoms with Gasteiger partial charge in [-0.25, -0.2) is 0 Å². The molecule has 1 saturated heterocycles. The van der Waals surface area contributed by atoms with E-state index in [1.165, 1.54) is 6.92 Å². The minimum absolute atomic E-state index is 0.0332. The zero-order chi connectivity index (χ0) is 28.1. The Morgan fingerprint density at radius 1 is 0.974 bits per heavy atom. The molecule has 5 nitrogen and oxygen atoms in total. The van der Waals surface area contributed by atoms with Crippen LogP contribution in [0.15, 0.2) is 35.4 Å². The van der Waals surface area contributed by atoms with Crippen LogP contribution in [0.1, 0.15) is 80.1 Å². The second kappa shape index (κ2) is 8.57. The Morgan fingerprint density at radius 2 is 1.64 bits per heavy atom. The van der Waals surface area contributed by atoms with Crippen LogP contribution in [0.3, 0.4) is 0 Å². The van der Waals surface area contributed by atoms with E-state index >= 15 is 8.78 Å². The number of hydrogen-bond donors (Lipinski definition) is 2. The van der Waals surface area contributed by atoms with Gasteiger partial charge in [0.25, 0.3) is 0 Å². The maximum atomic E-state index is 15.1. The lowest BCUT2D eigenvalue weighted by molar-refractivity contribution is -0.362. The minimum atomic E-state index is -5.90. The third-order valence-corrected chi connectivity index (χ3v) is 10.7. The molecular formula is C29H33F5O5. The molecule has 4 fully saturated rings. The molecule has 0 aromatic heterocycles. The molecule has 2 N–H and O–H groups in total. The third kappa shape index (κ3) is 3.66. The fourth-order valence-electron chi connectivity index (χ4n) is 8.87. The lowest BCUT2D eigenvalue weighted by Crippen LogP contribution is -2.65. The molecule has 4 aliphatic carbocycles. The highest BCUT2D eigenvalue weighted by Gasteiger charge is 2.79. The first-order valence-corrected chi connectivity index (χ1v) is 13.7. The highest BCUT2D eigenvalue weighted by atomic mass is 19.4. The van der Waals surface area contributed by atoms with E-state index < -0.39 is 52.8 Å². The standard InChI is InChI=1S/C29H33F5O5/c1-24-14-20(18-4-2-17(15-35)3-5-18)23-19(21(24)8-11-27(24,37)28(30,31)29(32,33)34)6-9-25(36)16-26(10-7-22(23)25)38-12-13-39-26/h2-5,15,19-21,36-37H,6-14,16H2,1H3/t19-,20+,21-,24-,25+,27-/m0/s1. The molecule has 0 amide bonds. The first kappa shape index (κ1) is 27.3. The Morgan fingerprint density at radius 3 is 2.26 bits per heavy atom. The fourth-order valence-corrected chi connectivity index (χ4v) is 8.87. The topological polar surface area (TPSA) is 76.0 Å². The van der Waals surface area contributed by atoms with Crippen LogP contribution in [0.4, 0.5) is 22.0 Å². The number of allylic oxidation sites excluding steroid dienone is 1. The quantitative estimate of drug-likeness (QED) is 0.284. The average Bonchev–Trinajstić information content (AvgIpc) is 3.44. The molecule has 10 heteroatoms. The normalized spacial score (nSPS) is 39.8. The van der Waals surface area contributed by atoms with Gasteiger partial charge in [0.15, 0.2) is 5.79 Å². The largest absolute Gasteiger partial charge is 0.456 e. The predicted octanol–water partition coefficient (Wildman–Crippen LogP) is 5.70. The molecule has 0 radical (unpaired) electrons. The number of alkyl halides is 5. The summed E-state index contributed by atoms with van der Waals surface area (Å²) in [4.78, 5) is 11.3. The number of hydrogen-bond acceptors (Lipinski definition) is 5. The molecule has 0 bridgehead atoms. The Labute approximate surface area is 223 Å². The van der Waals surface area contributed by atoms with E-state index in [0.29, 0.717) is 56.3 Å². The SMILES string of the molecule is C[C@]12C[C@H](c3ccc(C=O)cc3)C3=C4CCC5(C[C@]4(O)CC[C@H]3[C@@H]1CC[C@@]2(O)C(F)(F)C(F)(F)F)OCCO5. The van der Waals surface area contributed by atoms with Gasteiger partial charge in [0, 0.05) is 29.7 Å². The van der Waals surface area contributed by atoms with Crippen LogP contribution >= 0.6 is 0 Å². The van der Waals surface area contributed by atoms with Crippen molar-refractivity contribution in [3.8, 4) is 0 Å². The number of rotatable bonds is 3. The number of aliphatic hydroxyl groups is 2. The van der Waals surface area contributed by atoms with Gasteiger partial charge < -0.3 is 19.7 Å². The van der Waals surface area contributed by atoms with E-state index in [9.17, 15) is 28.2 Å². The van der Waals surface area contributed by atoms with Crippen LogP contribution in [0, 0.1) is 17.3 Å². The van der Waals surface area contributed by atoms with Crippen molar-refractivity contribution in [1.29, 1.82) is 0 Å². The lowest BCUT2D eigenvalue weighted by atomic mass is 9.49. The van der Waals surface area contributed by atoms with Crippen LogP contribution in [0.2, 0.25) is 0 Å². The van der Waals surface area contributed by atoms with E-state index in [0.717, 1.165) is 11.1 Å². The third-order valence-electron chi connectivity index (χ3n) is 10.7. The molecule has 1 aromatic carbocycles. The highest BCUT2D eigenvalue weighted by Crippen LogP contribution is 2.71. The molecule has 3 saturated carbocycles. The Balaban J connectivity index is 1.50. The summed E-state index contributed by atoms with van der Waals surface area (Å²) in [7, 11) is 0. The fraction of sp³-hybridized carbons (Fsp3) is 0.690. The van der Waals surface area contributed by atoms with Gasteiger partial charge in [-0.3, -0.25) is 4.79 Å². The summed E-state index contributed by atoms with van der Waals surface area (Å²) in [6, 6.07) is 6.57. The van der Waals surface area contributed by atoms with Crippen molar-refractivity contribution >= 4 is 6.29 Å². The number of halogens is 5. The van der Waals surface area contributed by atoms with E-state index in [1.54, 1.807) is 24.3 Å². The summed E-state index contributed by atoms with van der Waals surface area (Å²) in [6.45, 7) is 2.25. The Bertz CT molecular complexity index is 1190. The smallest absolute Gasteiger partial charge is 0.385 e. The van der Waals surface area contributed by atoms with Crippen LogP contribution in [0.5, 0.6) is 0 Å². The molecule has 1 heterocycles. The highest BCUT2D eigenvalue weighted by molar-refractivity contribution is 5.74. The number of carbonyl (C=O) groups is 1. The molecule has 39 heavy (non-hydrogen) atoms. The molecule has 1 aromatic rings. The number of carbonyl (C=O) groups excluding carboxylic acids is 1. The number of fused-ring (bicyclic) bond motifs is 4. The van der Waals surface area contributed by atoms with Gasteiger partial charge in [-0.05, 0) is 61.5 Å². The van der Waals surface area contributed by atoms with E-state index in [4.69, 9.17) is 9.47 Å². The van der Waals surface area contributed by atoms with Crippen molar-refractivity contribution in [1.82, 2.24) is 0 Å². The van der Waals surface area contributed by atoms with Crippen molar-refractivity contribution in [2.75, 3.05) is 13.2 Å². The van der Waals surface area contributed by atoms with E-state index in [-0.39, 0.29) is 25.2 Å². The van der Waals surface area contributed by atoms with E-state index in [2.05, 4.69) is 0 Å². The Kier molecular flexibility index (Phi) is 6.00. The van der Waals surface area contributed by atoms with Gasteiger partial charge in [-0.2, -0.15) is 22.0 Å². The van der Waals surface area contributed by atoms with Crippen LogP contribution in [0.25, 0.3) is 0 Å². The maximum absolute atomic E-state index is 15.1. The van der Waals surface area contributed by atoms with E-state index in [1.807, 2.05) is 0 Å². The number of ether oxygens (including phenoxy) is 2. The van der Waals surface area contributed by atoms with Crippen molar-refractivity contribution in [2.24, 2.45) is 17.3 Å². The lowest BCUT2D eigenvalue weighted by Gasteiger charge is -2.58. The zero-order valence-corrected chi connectivity index (χ0v) is 21.7. The maximum Gasteiger partial charge on any atom is 0.456 e. The van der Waals surface area contributed by atoms with Crippen LogP contribution in [-0.4, -0.2) is 58.8 Å². The average molecular weight is 557 g/mol. The summed E-state index contributed by atoms with van der Waals surface area (Å²) in [5.74, 6) is -7.75. The summed E-state index contributed by atoms with van der Waals surface area (Å²) in [5.41, 5.74) is -3.49. The molecule has 1 spiro atoms. The summed E-state index contributed by atoms with van der Waals surface area (Å²) < 4.78 is 83.1. The molecule has 5 aliphatic rings. The van der Waals surface area contributed by atoms with Gasteiger partial charge in [-0.1, -0.05) is 36.8 Å². The van der Waals surface area contributed by atoms with Gasteiger partial charge in [-0.15, -0.1) is 0 Å². The van der Waals surface area contributed by atoms with Crippen molar-refractivity contribution < 1.29 is 46.4 Å². The van der Waals surface area contributed by atoms with Gasteiger partial charge >= 0.3 is 12.1 Å². The molecule has 6 atom stereocenters. The number of aldehydes is 1. The second-order valence-corrected chi connectivity index (χ2v) is 12.4. The zero-order valence-electron chi connectivity index (χ0n) is 21.7. The monoisotopic (exact) mass is 556 g/mol. The molecule has 1 aliphatic heterocycles. The predicted molar refractivity (Wildman–Crippen MR) is 129 cm³/mol. The minimum Gasteiger partial charge on any atom is -0.385 e. The Hall–Kier alpha value is -1.88. The van der Waals surface area contributed by atoms with Crippen molar-refractivity contribution in [2.45, 2.75) is 93.3 Å². The van der Waals surface area contributed by atoms with Gasteiger partial charge in [0.2, 0.25) is 0 Å². The van der Waals surface area contributed by atoms with Crippen LogP contribution < -0.4 is 0 Å². The summed E-state index contributed by atoms with van der Waals surface area (Å²) in [5, 5.41) is 23.3. The first-order chi connectivity index (χ1) is 18.2. The number of benzene rings is 1. The first-order valence-electron chi connectivity index (χ1n) is 13.7. The summed E-state index contributed by atoms with van der Waals surface area (Å²) >= 11 is 0. The van der Waals surface area contributed by atoms with Crippen LogP contribution in [-0.2, 0) is 9.47 Å². The molecular weight excluding hydrogens is 523 g/mol. The molecule has 6 rings (SSSR count). The van der Waals surface area contributed by atoms with Gasteiger partial charge in [0.1, 0.15) is 11.9 Å². The van der Waals surface area contributed by atoms with Crippen molar-refractivity contribution in [3.63, 3.8) is 0 Å².